The van der Waals surface area contributed by atoms with Crippen LogP contribution in [0.4, 0.5) is 15.8 Å². The van der Waals surface area contributed by atoms with Gasteiger partial charge in [-0.05, 0) is 63.1 Å². The molecule has 2 aromatic rings. The minimum Gasteiger partial charge on any atom is -0.366 e. The van der Waals surface area contributed by atoms with Crippen LogP contribution in [0.25, 0.3) is 0 Å². The Hall–Kier alpha value is -3.05. The van der Waals surface area contributed by atoms with Crippen LogP contribution in [0.2, 0.25) is 0 Å². The number of hydrogen-bond donors (Lipinski definition) is 2. The Morgan fingerprint density at radius 2 is 1.78 bits per heavy atom. The van der Waals surface area contributed by atoms with Crippen molar-refractivity contribution in [3.8, 4) is 0 Å². The molecule has 11 heteroatoms. The summed E-state index contributed by atoms with van der Waals surface area (Å²) in [5.41, 5.74) is 0.416. The summed E-state index contributed by atoms with van der Waals surface area (Å²) in [4.78, 5) is 25.1. The number of nitro benzene ring substituents is 1. The largest absolute Gasteiger partial charge is 0.366 e. The highest BCUT2D eigenvalue weighted by Gasteiger charge is 2.28. The van der Waals surface area contributed by atoms with E-state index in [0.717, 1.165) is 12.1 Å². The summed E-state index contributed by atoms with van der Waals surface area (Å²) < 4.78 is 40.7. The van der Waals surface area contributed by atoms with Gasteiger partial charge in [0.25, 0.3) is 11.6 Å². The van der Waals surface area contributed by atoms with E-state index in [2.05, 4.69) is 10.0 Å². The molecule has 172 valence electrons. The van der Waals surface area contributed by atoms with Gasteiger partial charge in [-0.2, -0.15) is 0 Å². The number of halogens is 1. The summed E-state index contributed by atoms with van der Waals surface area (Å²) in [7, 11) is -3.79. The predicted octanol–water partition coefficient (Wildman–Crippen LogP) is 2.82. The van der Waals surface area contributed by atoms with Crippen molar-refractivity contribution >= 4 is 27.3 Å². The maximum absolute atomic E-state index is 13.1. The van der Waals surface area contributed by atoms with Crippen LogP contribution in [0.1, 0.15) is 37.0 Å². The quantitative estimate of drug-likeness (QED) is 0.480. The average molecular weight is 465 g/mol. The van der Waals surface area contributed by atoms with Crippen LogP contribution in [0, 0.1) is 15.9 Å². The van der Waals surface area contributed by atoms with Gasteiger partial charge in [-0.15, -0.1) is 0 Å². The number of carbonyl (C=O) groups excluding carboxylic acids is 1. The van der Waals surface area contributed by atoms with Crippen molar-refractivity contribution < 1.29 is 22.5 Å². The van der Waals surface area contributed by atoms with Crippen LogP contribution < -0.4 is 14.9 Å². The van der Waals surface area contributed by atoms with Gasteiger partial charge in [-0.1, -0.05) is 0 Å². The minimum absolute atomic E-state index is 0.0211. The fourth-order valence-corrected chi connectivity index (χ4v) is 4.87. The molecule has 0 unspecified atom stereocenters. The van der Waals surface area contributed by atoms with Gasteiger partial charge in [0.2, 0.25) is 10.0 Å². The molecule has 0 bridgehead atoms. The van der Waals surface area contributed by atoms with Crippen LogP contribution in [-0.4, -0.2) is 44.4 Å². The monoisotopic (exact) mass is 464 g/mol. The zero-order chi connectivity index (χ0) is 23.5. The molecule has 2 aromatic carbocycles. The first kappa shape index (κ1) is 23.6. The Morgan fingerprint density at radius 3 is 2.34 bits per heavy atom. The molecule has 3 rings (SSSR count). The molecule has 32 heavy (non-hydrogen) atoms. The minimum atomic E-state index is -3.79. The van der Waals surface area contributed by atoms with E-state index in [0.29, 0.717) is 31.6 Å². The van der Waals surface area contributed by atoms with E-state index in [9.17, 15) is 27.7 Å². The predicted molar refractivity (Wildman–Crippen MR) is 118 cm³/mol. The van der Waals surface area contributed by atoms with E-state index < -0.39 is 20.8 Å². The van der Waals surface area contributed by atoms with Gasteiger partial charge in [0.05, 0.1) is 9.82 Å². The average Bonchev–Trinajstić information content (AvgIpc) is 2.73. The molecule has 1 amide bonds. The molecule has 1 fully saturated rings. The fourth-order valence-electron chi connectivity index (χ4n) is 3.56. The molecule has 0 atom stereocenters. The smallest absolute Gasteiger partial charge is 0.293 e. The molecule has 0 aliphatic carbocycles. The summed E-state index contributed by atoms with van der Waals surface area (Å²) in [6, 6.07) is 8.48. The Bertz CT molecular complexity index is 1100. The first-order chi connectivity index (χ1) is 15.1. The normalized spacial score (nSPS) is 15.1. The van der Waals surface area contributed by atoms with Gasteiger partial charge >= 0.3 is 0 Å². The molecule has 1 heterocycles. The highest BCUT2D eigenvalue weighted by molar-refractivity contribution is 7.89. The Morgan fingerprint density at radius 1 is 1.16 bits per heavy atom. The molecular formula is C21H25FN4O5S. The summed E-state index contributed by atoms with van der Waals surface area (Å²) >= 11 is 0. The molecule has 0 spiro atoms. The van der Waals surface area contributed by atoms with Crippen molar-refractivity contribution in [2.75, 3.05) is 18.0 Å². The van der Waals surface area contributed by atoms with Crippen molar-refractivity contribution in [1.29, 1.82) is 0 Å². The number of sulfonamides is 1. The number of nitrogens with zero attached hydrogens (tertiary/aromatic N) is 2. The van der Waals surface area contributed by atoms with Crippen LogP contribution >= 0.6 is 0 Å². The maximum atomic E-state index is 13.1. The Balaban J connectivity index is 1.69. The van der Waals surface area contributed by atoms with Gasteiger partial charge in [0.1, 0.15) is 11.5 Å². The van der Waals surface area contributed by atoms with Crippen LogP contribution in [-0.2, 0) is 10.0 Å². The number of piperidine rings is 1. The number of nitrogens with one attached hydrogen (secondary N) is 2. The number of rotatable bonds is 7. The van der Waals surface area contributed by atoms with E-state index >= 15 is 0 Å². The molecule has 9 nitrogen and oxygen atoms in total. The van der Waals surface area contributed by atoms with Gasteiger partial charge < -0.3 is 10.2 Å². The summed E-state index contributed by atoms with van der Waals surface area (Å²) in [5.74, 6) is -0.907. The Kier molecular flexibility index (Phi) is 7.09. The SMILES string of the molecule is CC(C)NC(=O)c1ccc(N2CCC(NS(=O)(=O)c3ccc(F)cc3)CC2)c([N+](=O)[O-])c1. The Labute approximate surface area is 185 Å². The van der Waals surface area contributed by atoms with Crippen LogP contribution in [0.3, 0.4) is 0 Å². The number of hydrogen-bond acceptors (Lipinski definition) is 6. The maximum Gasteiger partial charge on any atom is 0.293 e. The lowest BCUT2D eigenvalue weighted by atomic mass is 10.0. The number of benzene rings is 2. The van der Waals surface area contributed by atoms with Crippen molar-refractivity contribution in [2.45, 2.75) is 43.7 Å². The van der Waals surface area contributed by atoms with E-state index in [1.165, 1.54) is 18.2 Å². The number of anilines is 1. The summed E-state index contributed by atoms with van der Waals surface area (Å²) in [5, 5.41) is 14.3. The van der Waals surface area contributed by atoms with E-state index in [1.54, 1.807) is 26.0 Å². The van der Waals surface area contributed by atoms with Crippen LogP contribution in [0.5, 0.6) is 0 Å². The topological polar surface area (TPSA) is 122 Å². The molecule has 0 radical (unpaired) electrons. The summed E-state index contributed by atoms with van der Waals surface area (Å²) in [6.45, 7) is 4.40. The van der Waals surface area contributed by atoms with Gasteiger partial charge in [-0.3, -0.25) is 14.9 Å². The molecule has 2 N–H and O–H groups in total. The molecular weight excluding hydrogens is 439 g/mol. The second-order valence-corrected chi connectivity index (χ2v) is 9.64. The highest BCUT2D eigenvalue weighted by atomic mass is 32.2. The van der Waals surface area contributed by atoms with Crippen molar-refractivity contribution in [3.63, 3.8) is 0 Å². The third kappa shape index (κ3) is 5.60. The van der Waals surface area contributed by atoms with E-state index in [1.807, 2.05) is 4.90 Å². The van der Waals surface area contributed by atoms with Crippen LogP contribution in [0.15, 0.2) is 47.4 Å². The number of amides is 1. The summed E-state index contributed by atoms with van der Waals surface area (Å²) in [6.07, 6.45) is 0.875. The van der Waals surface area contributed by atoms with Gasteiger partial charge in [0, 0.05) is 36.8 Å². The molecule has 1 saturated heterocycles. The number of carbonyl (C=O) groups is 1. The van der Waals surface area contributed by atoms with Crippen molar-refractivity contribution in [1.82, 2.24) is 10.0 Å². The third-order valence-corrected chi connectivity index (χ3v) is 6.67. The second kappa shape index (κ2) is 9.61. The molecule has 1 aliphatic rings. The fraction of sp³-hybridized carbons (Fsp3) is 0.381. The highest BCUT2D eigenvalue weighted by Crippen LogP contribution is 2.31. The van der Waals surface area contributed by atoms with Crippen molar-refractivity contribution in [3.05, 3.63) is 64.0 Å². The molecule has 0 saturated carbocycles. The van der Waals surface area contributed by atoms with E-state index in [4.69, 9.17) is 0 Å². The van der Waals surface area contributed by atoms with Gasteiger partial charge in [-0.25, -0.2) is 17.5 Å². The van der Waals surface area contributed by atoms with Crippen molar-refractivity contribution in [2.24, 2.45) is 0 Å². The first-order valence-corrected chi connectivity index (χ1v) is 11.7. The molecule has 1 aliphatic heterocycles. The molecule has 0 aromatic heterocycles. The lowest BCUT2D eigenvalue weighted by Crippen LogP contribution is -2.44. The lowest BCUT2D eigenvalue weighted by Gasteiger charge is -2.33. The number of nitro groups is 1. The first-order valence-electron chi connectivity index (χ1n) is 10.2. The zero-order valence-electron chi connectivity index (χ0n) is 17.7. The second-order valence-electron chi connectivity index (χ2n) is 7.93. The zero-order valence-corrected chi connectivity index (χ0v) is 18.6. The van der Waals surface area contributed by atoms with Gasteiger partial charge in [0.15, 0.2) is 0 Å². The lowest BCUT2D eigenvalue weighted by molar-refractivity contribution is -0.384. The standard InChI is InChI=1S/C21H25FN4O5S/c1-14(2)23-21(27)15-3-8-19(20(13-15)26(28)29)25-11-9-17(10-12-25)24-32(30,31)18-6-4-16(22)5-7-18/h3-8,13-14,17,24H,9-12H2,1-2H3,(H,23,27). The van der Waals surface area contributed by atoms with E-state index in [-0.39, 0.29) is 34.1 Å². The third-order valence-electron chi connectivity index (χ3n) is 5.14.